The van der Waals surface area contributed by atoms with Gasteiger partial charge in [0.25, 0.3) is 0 Å². The fourth-order valence-corrected chi connectivity index (χ4v) is 2.21. The van der Waals surface area contributed by atoms with Crippen molar-refractivity contribution in [3.05, 3.63) is 42.5 Å². The van der Waals surface area contributed by atoms with E-state index in [0.717, 1.165) is 35.9 Å². The van der Waals surface area contributed by atoms with Gasteiger partial charge in [0.15, 0.2) is 11.5 Å². The van der Waals surface area contributed by atoms with Crippen LogP contribution in [-0.4, -0.2) is 58.9 Å². The Hall–Kier alpha value is -2.47. The smallest absolute Gasteiger partial charge is 0.185 e. The van der Waals surface area contributed by atoms with Crippen molar-refractivity contribution in [2.24, 2.45) is 0 Å². The summed E-state index contributed by atoms with van der Waals surface area (Å²) in [4.78, 5) is 4.29. The van der Waals surface area contributed by atoms with Gasteiger partial charge in [0, 0.05) is 25.7 Å². The molecule has 0 saturated carbocycles. The lowest BCUT2D eigenvalue weighted by Gasteiger charge is -2.20. The first-order chi connectivity index (χ1) is 10.6. The third-order valence-electron chi connectivity index (χ3n) is 3.55. The Balaban J connectivity index is 1.95. The number of anilines is 1. The standard InChI is InChI=1S/C16H20N6/c1-20(2)11-12-21(3)15-10-9-14-17-18-16(22(14)19-15)13-7-5-4-6-8-13/h4-10H,11-12H2,1-3H3. The molecule has 0 N–H and O–H groups in total. The minimum atomic E-state index is 0.753. The molecule has 114 valence electrons. The first kappa shape index (κ1) is 14.5. The van der Waals surface area contributed by atoms with Gasteiger partial charge in [-0.3, -0.25) is 0 Å². The zero-order valence-electron chi connectivity index (χ0n) is 13.1. The molecule has 2 aromatic heterocycles. The van der Waals surface area contributed by atoms with Crippen LogP contribution in [0.5, 0.6) is 0 Å². The minimum Gasteiger partial charge on any atom is -0.357 e. The summed E-state index contributed by atoms with van der Waals surface area (Å²) in [5.74, 6) is 1.67. The number of nitrogens with zero attached hydrogens (tertiary/aromatic N) is 6. The monoisotopic (exact) mass is 296 g/mol. The Morgan fingerprint density at radius 1 is 0.909 bits per heavy atom. The SMILES string of the molecule is CN(C)CCN(C)c1ccc2nnc(-c3ccccc3)n2n1. The molecule has 6 heteroatoms. The molecule has 6 nitrogen and oxygen atoms in total. The lowest BCUT2D eigenvalue weighted by molar-refractivity contribution is 0.416. The highest BCUT2D eigenvalue weighted by Crippen LogP contribution is 2.18. The van der Waals surface area contributed by atoms with E-state index in [-0.39, 0.29) is 0 Å². The summed E-state index contributed by atoms with van der Waals surface area (Å²) in [6, 6.07) is 13.9. The molecule has 0 atom stereocenters. The van der Waals surface area contributed by atoms with E-state index in [0.29, 0.717) is 0 Å². The molecule has 0 spiro atoms. The quantitative estimate of drug-likeness (QED) is 0.718. The lowest BCUT2D eigenvalue weighted by Crippen LogP contribution is -2.29. The maximum Gasteiger partial charge on any atom is 0.185 e. The third-order valence-corrected chi connectivity index (χ3v) is 3.55. The number of likely N-dealkylation sites (N-methyl/N-ethyl adjacent to an activating group) is 2. The van der Waals surface area contributed by atoms with E-state index in [1.165, 1.54) is 0 Å². The minimum absolute atomic E-state index is 0.753. The summed E-state index contributed by atoms with van der Waals surface area (Å²) in [5, 5.41) is 13.1. The molecule has 3 rings (SSSR count). The number of benzene rings is 1. The lowest BCUT2D eigenvalue weighted by atomic mass is 10.2. The van der Waals surface area contributed by atoms with Crippen molar-refractivity contribution < 1.29 is 0 Å². The first-order valence-corrected chi connectivity index (χ1v) is 7.29. The summed E-state index contributed by atoms with van der Waals surface area (Å²) in [6.07, 6.45) is 0. The van der Waals surface area contributed by atoms with E-state index in [4.69, 9.17) is 0 Å². The Morgan fingerprint density at radius 2 is 1.68 bits per heavy atom. The van der Waals surface area contributed by atoms with Crippen LogP contribution in [0.2, 0.25) is 0 Å². The summed E-state index contributed by atoms with van der Waals surface area (Å²) >= 11 is 0. The first-order valence-electron chi connectivity index (χ1n) is 7.29. The van der Waals surface area contributed by atoms with Crippen molar-refractivity contribution in [2.75, 3.05) is 39.1 Å². The van der Waals surface area contributed by atoms with Crippen LogP contribution in [0.25, 0.3) is 17.0 Å². The van der Waals surface area contributed by atoms with Gasteiger partial charge >= 0.3 is 0 Å². The number of fused-ring (bicyclic) bond motifs is 1. The number of rotatable bonds is 5. The van der Waals surface area contributed by atoms with Gasteiger partial charge in [-0.1, -0.05) is 30.3 Å². The maximum atomic E-state index is 4.69. The van der Waals surface area contributed by atoms with Crippen LogP contribution in [0.1, 0.15) is 0 Å². The van der Waals surface area contributed by atoms with Crippen molar-refractivity contribution in [1.82, 2.24) is 24.7 Å². The molecule has 0 fully saturated rings. The Kier molecular flexibility index (Phi) is 4.02. The highest BCUT2D eigenvalue weighted by atomic mass is 15.4. The molecule has 0 amide bonds. The molecule has 0 unspecified atom stereocenters. The predicted molar refractivity (Wildman–Crippen MR) is 88.0 cm³/mol. The van der Waals surface area contributed by atoms with Crippen LogP contribution in [0, 0.1) is 0 Å². The summed E-state index contributed by atoms with van der Waals surface area (Å²) < 4.78 is 1.80. The molecule has 3 aromatic rings. The zero-order chi connectivity index (χ0) is 15.5. The van der Waals surface area contributed by atoms with Crippen LogP contribution < -0.4 is 4.90 Å². The Morgan fingerprint density at radius 3 is 2.41 bits per heavy atom. The van der Waals surface area contributed by atoms with Crippen molar-refractivity contribution >= 4 is 11.5 Å². The second-order valence-electron chi connectivity index (χ2n) is 5.58. The Bertz CT molecular complexity index is 750. The Labute approximate surface area is 130 Å². The van der Waals surface area contributed by atoms with E-state index in [1.54, 1.807) is 4.52 Å². The van der Waals surface area contributed by atoms with Gasteiger partial charge in [-0.05, 0) is 26.2 Å². The molecule has 0 saturated heterocycles. The van der Waals surface area contributed by atoms with Gasteiger partial charge in [-0.25, -0.2) is 0 Å². The maximum absolute atomic E-state index is 4.69. The van der Waals surface area contributed by atoms with E-state index in [2.05, 4.69) is 39.2 Å². The normalized spacial score (nSPS) is 11.3. The average molecular weight is 296 g/mol. The second-order valence-corrected chi connectivity index (χ2v) is 5.58. The average Bonchev–Trinajstić information content (AvgIpc) is 2.96. The number of hydrogen-bond acceptors (Lipinski definition) is 5. The van der Waals surface area contributed by atoms with Crippen molar-refractivity contribution in [3.8, 4) is 11.4 Å². The highest BCUT2D eigenvalue weighted by molar-refractivity contribution is 5.59. The van der Waals surface area contributed by atoms with Crippen LogP contribution in [-0.2, 0) is 0 Å². The molecule has 0 radical (unpaired) electrons. The van der Waals surface area contributed by atoms with E-state index in [9.17, 15) is 0 Å². The molecule has 0 aliphatic carbocycles. The third kappa shape index (κ3) is 2.92. The topological polar surface area (TPSA) is 49.6 Å². The summed E-state index contributed by atoms with van der Waals surface area (Å²) in [6.45, 7) is 1.89. The number of hydrogen-bond donors (Lipinski definition) is 0. The largest absolute Gasteiger partial charge is 0.357 e. The van der Waals surface area contributed by atoms with Crippen molar-refractivity contribution in [1.29, 1.82) is 0 Å². The summed E-state index contributed by atoms with van der Waals surface area (Å²) in [5.41, 5.74) is 1.76. The number of aromatic nitrogens is 4. The fraction of sp³-hybridized carbons (Fsp3) is 0.312. The van der Waals surface area contributed by atoms with Crippen LogP contribution in [0.3, 0.4) is 0 Å². The molecule has 2 heterocycles. The predicted octanol–water partition coefficient (Wildman–Crippen LogP) is 1.79. The van der Waals surface area contributed by atoms with Crippen molar-refractivity contribution in [3.63, 3.8) is 0 Å². The van der Waals surface area contributed by atoms with Gasteiger partial charge in [0.05, 0.1) is 0 Å². The molecule has 22 heavy (non-hydrogen) atoms. The molecular formula is C16H20N6. The van der Waals surface area contributed by atoms with Crippen LogP contribution in [0.4, 0.5) is 5.82 Å². The van der Waals surface area contributed by atoms with E-state index in [1.807, 2.05) is 49.5 Å². The highest BCUT2D eigenvalue weighted by Gasteiger charge is 2.11. The van der Waals surface area contributed by atoms with Gasteiger partial charge in [-0.2, -0.15) is 4.52 Å². The van der Waals surface area contributed by atoms with Gasteiger partial charge in [0.1, 0.15) is 5.82 Å². The summed E-state index contributed by atoms with van der Waals surface area (Å²) in [7, 11) is 6.18. The second kappa shape index (κ2) is 6.11. The molecule has 0 aliphatic rings. The molecule has 0 aliphatic heterocycles. The van der Waals surface area contributed by atoms with E-state index < -0.39 is 0 Å². The van der Waals surface area contributed by atoms with Crippen LogP contribution in [0.15, 0.2) is 42.5 Å². The molecule has 0 bridgehead atoms. The molecular weight excluding hydrogens is 276 g/mol. The van der Waals surface area contributed by atoms with Gasteiger partial charge < -0.3 is 9.80 Å². The van der Waals surface area contributed by atoms with Gasteiger partial charge in [-0.15, -0.1) is 15.3 Å². The van der Waals surface area contributed by atoms with E-state index >= 15 is 0 Å². The van der Waals surface area contributed by atoms with Gasteiger partial charge in [0.2, 0.25) is 0 Å². The fourth-order valence-electron chi connectivity index (χ4n) is 2.21. The molecule has 1 aromatic carbocycles. The van der Waals surface area contributed by atoms with Crippen LogP contribution >= 0.6 is 0 Å². The van der Waals surface area contributed by atoms with Crippen molar-refractivity contribution in [2.45, 2.75) is 0 Å². The zero-order valence-corrected chi connectivity index (χ0v) is 13.1.